The maximum atomic E-state index is 2.47. The molecule has 0 bridgehead atoms. The molecule has 0 aromatic heterocycles. The van der Waals surface area contributed by atoms with Crippen molar-refractivity contribution in [1.82, 2.24) is 0 Å². The van der Waals surface area contributed by atoms with E-state index < -0.39 is 0 Å². The van der Waals surface area contributed by atoms with E-state index in [0.717, 1.165) is 13.0 Å². The number of hydrogen-bond acceptors (Lipinski definition) is 0. The number of hydrogen-bond donors (Lipinski definition) is 0. The maximum absolute atomic E-state index is 2.47. The van der Waals surface area contributed by atoms with E-state index in [1.165, 1.54) is 33.7 Å². The summed E-state index contributed by atoms with van der Waals surface area (Å²) in [5.74, 6) is 0.520. The smallest absolute Gasteiger partial charge is 0.195 e. The van der Waals surface area contributed by atoms with Crippen LogP contribution in [-0.2, 0) is 10.8 Å². The lowest BCUT2D eigenvalue weighted by Gasteiger charge is -2.23. The first-order valence-corrected chi connectivity index (χ1v) is 11.1. The van der Waals surface area contributed by atoms with Crippen molar-refractivity contribution in [3.05, 3.63) is 89.0 Å². The maximum Gasteiger partial charge on any atom is 0.209 e. The summed E-state index contributed by atoms with van der Waals surface area (Å²) in [6.07, 6.45) is 8.20. The van der Waals surface area contributed by atoms with Crippen LogP contribution in [0, 0.1) is 0 Å². The van der Waals surface area contributed by atoms with Crippen LogP contribution in [0.25, 0.3) is 0 Å². The largest absolute Gasteiger partial charge is 0.209 e. The number of rotatable bonds is 4. The summed E-state index contributed by atoms with van der Waals surface area (Å²) >= 11 is 0. The quantitative estimate of drug-likeness (QED) is 0.497. The van der Waals surface area contributed by atoms with Gasteiger partial charge in [-0.25, -0.2) is 0 Å². The molecule has 4 rings (SSSR count). The molecule has 150 valence electrons. The van der Waals surface area contributed by atoms with Gasteiger partial charge in [0.25, 0.3) is 0 Å². The van der Waals surface area contributed by atoms with Crippen LogP contribution in [0.2, 0.25) is 0 Å². The molecule has 0 radical (unpaired) electrons. The van der Waals surface area contributed by atoms with Crippen LogP contribution in [0.4, 0.5) is 5.69 Å². The van der Waals surface area contributed by atoms with E-state index in [0.29, 0.717) is 5.92 Å². The van der Waals surface area contributed by atoms with Gasteiger partial charge >= 0.3 is 0 Å². The highest BCUT2D eigenvalue weighted by Gasteiger charge is 2.43. The third kappa shape index (κ3) is 2.94. The van der Waals surface area contributed by atoms with Crippen LogP contribution in [0.5, 0.6) is 0 Å². The Hall–Kier alpha value is -2.41. The molecule has 1 unspecified atom stereocenters. The molecule has 1 aliphatic carbocycles. The average molecular weight is 385 g/mol. The van der Waals surface area contributed by atoms with Gasteiger partial charge < -0.3 is 0 Å². The minimum Gasteiger partial charge on any atom is -0.195 e. The van der Waals surface area contributed by atoms with E-state index >= 15 is 0 Å². The van der Waals surface area contributed by atoms with E-state index in [9.17, 15) is 0 Å². The highest BCUT2D eigenvalue weighted by molar-refractivity contribution is 6.03. The fraction of sp³-hybridized carbons (Fsp3) is 0.393. The zero-order valence-corrected chi connectivity index (χ0v) is 18.8. The van der Waals surface area contributed by atoms with Crippen LogP contribution < -0.4 is 0 Å². The Bertz CT molecular complexity index is 1030. The molecule has 1 heterocycles. The topological polar surface area (TPSA) is 3.01 Å². The first-order chi connectivity index (χ1) is 13.8. The number of fused-ring (bicyclic) bond motifs is 2. The second-order valence-corrected chi connectivity index (χ2v) is 9.43. The van der Waals surface area contributed by atoms with Crippen molar-refractivity contribution in [2.75, 3.05) is 6.54 Å². The molecule has 2 aromatic carbocycles. The van der Waals surface area contributed by atoms with Crippen molar-refractivity contribution in [3.8, 4) is 0 Å². The molecule has 0 spiro atoms. The van der Waals surface area contributed by atoms with Gasteiger partial charge in [-0.2, -0.15) is 4.58 Å². The summed E-state index contributed by atoms with van der Waals surface area (Å²) in [4.78, 5) is 0. The minimum atomic E-state index is 0.0277. The van der Waals surface area contributed by atoms with Crippen molar-refractivity contribution in [1.29, 1.82) is 0 Å². The predicted molar refractivity (Wildman–Crippen MR) is 125 cm³/mol. The van der Waals surface area contributed by atoms with E-state index in [1.54, 1.807) is 0 Å². The summed E-state index contributed by atoms with van der Waals surface area (Å²) in [5.41, 5.74) is 8.82. The van der Waals surface area contributed by atoms with Gasteiger partial charge in [0.05, 0.1) is 5.41 Å². The number of allylic oxidation sites excluding steroid dienone is 4. The normalized spacial score (nSPS) is 23.1. The summed E-state index contributed by atoms with van der Waals surface area (Å²) in [5, 5.41) is 0. The molecule has 0 amide bonds. The molecule has 0 N–H and O–H groups in total. The lowest BCUT2D eigenvalue weighted by molar-refractivity contribution is -0.433. The molecule has 0 saturated heterocycles. The van der Waals surface area contributed by atoms with Gasteiger partial charge in [0.2, 0.25) is 5.69 Å². The second-order valence-electron chi connectivity index (χ2n) is 9.43. The van der Waals surface area contributed by atoms with Crippen LogP contribution in [0.15, 0.2) is 72.3 Å². The van der Waals surface area contributed by atoms with Crippen molar-refractivity contribution >= 4 is 11.4 Å². The zero-order valence-electron chi connectivity index (χ0n) is 18.8. The third-order valence-corrected chi connectivity index (χ3v) is 7.16. The fourth-order valence-electron chi connectivity index (χ4n) is 5.62. The predicted octanol–water partition coefficient (Wildman–Crippen LogP) is 7.05. The van der Waals surface area contributed by atoms with Gasteiger partial charge in [0, 0.05) is 29.0 Å². The van der Waals surface area contributed by atoms with Crippen molar-refractivity contribution in [3.63, 3.8) is 0 Å². The molecule has 1 aliphatic heterocycles. The third-order valence-electron chi connectivity index (χ3n) is 7.16. The summed E-state index contributed by atoms with van der Waals surface area (Å²) in [6, 6.07) is 17.8. The van der Waals surface area contributed by atoms with Gasteiger partial charge in [0.1, 0.15) is 6.54 Å². The monoisotopic (exact) mass is 384 g/mol. The summed E-state index contributed by atoms with van der Waals surface area (Å²) in [6.45, 7) is 15.0. The van der Waals surface area contributed by atoms with Gasteiger partial charge in [-0.15, -0.1) is 0 Å². The Morgan fingerprint density at radius 3 is 2.21 bits per heavy atom. The number of para-hydroxylation sites is 1. The Morgan fingerprint density at radius 1 is 0.862 bits per heavy atom. The molecule has 2 aliphatic rings. The highest BCUT2D eigenvalue weighted by atomic mass is 15.0. The van der Waals surface area contributed by atoms with E-state index in [4.69, 9.17) is 0 Å². The standard InChI is InChI=1S/C28H34N/c1-7-20-21-14-9-10-15-23(21)27(3,4)22(20)17-13-19-26-28(5,6)24-16-11-12-18-25(24)29(26)8-2/h9-20H,7-8H2,1-6H3/q+1/b19-13+,22-17-. The molecule has 1 atom stereocenters. The Kier molecular flexibility index (Phi) is 4.89. The molecular formula is C28H34N+. The van der Waals surface area contributed by atoms with Crippen molar-refractivity contribution < 1.29 is 4.58 Å². The summed E-state index contributed by atoms with van der Waals surface area (Å²) < 4.78 is 2.47. The Morgan fingerprint density at radius 2 is 1.52 bits per heavy atom. The van der Waals surface area contributed by atoms with Crippen LogP contribution in [0.3, 0.4) is 0 Å². The van der Waals surface area contributed by atoms with Crippen LogP contribution in [-0.4, -0.2) is 16.8 Å². The first-order valence-electron chi connectivity index (χ1n) is 11.1. The molecule has 29 heavy (non-hydrogen) atoms. The van der Waals surface area contributed by atoms with Gasteiger partial charge in [-0.1, -0.05) is 81.0 Å². The first kappa shape index (κ1) is 19.9. The minimum absolute atomic E-state index is 0.0277. The lowest BCUT2D eigenvalue weighted by atomic mass is 9.79. The van der Waals surface area contributed by atoms with Crippen LogP contribution >= 0.6 is 0 Å². The van der Waals surface area contributed by atoms with E-state index in [1.807, 2.05) is 0 Å². The molecule has 0 fully saturated rings. The van der Waals surface area contributed by atoms with Crippen molar-refractivity contribution in [2.24, 2.45) is 0 Å². The van der Waals surface area contributed by atoms with Gasteiger partial charge in [0.15, 0.2) is 5.71 Å². The van der Waals surface area contributed by atoms with Gasteiger partial charge in [-0.3, -0.25) is 0 Å². The fourth-order valence-corrected chi connectivity index (χ4v) is 5.62. The molecule has 1 heteroatoms. The molecule has 2 aromatic rings. The zero-order chi connectivity index (χ0) is 20.8. The average Bonchev–Trinajstić information content (AvgIpc) is 3.07. The van der Waals surface area contributed by atoms with Crippen LogP contribution in [0.1, 0.15) is 70.6 Å². The Balaban J connectivity index is 1.74. The molecular weight excluding hydrogens is 350 g/mol. The lowest BCUT2D eigenvalue weighted by Crippen LogP contribution is -2.27. The summed E-state index contributed by atoms with van der Waals surface area (Å²) in [7, 11) is 0. The molecule has 1 nitrogen and oxygen atoms in total. The number of nitrogens with zero attached hydrogens (tertiary/aromatic N) is 1. The van der Waals surface area contributed by atoms with E-state index in [-0.39, 0.29) is 10.8 Å². The highest BCUT2D eigenvalue weighted by Crippen LogP contribution is 2.51. The van der Waals surface area contributed by atoms with Crippen molar-refractivity contribution in [2.45, 2.75) is 64.7 Å². The molecule has 0 saturated carbocycles. The number of benzene rings is 2. The van der Waals surface area contributed by atoms with Gasteiger partial charge in [-0.05, 0) is 38.3 Å². The SMILES string of the molecule is CCC1/C(=C/C=C/C2=[N+](CC)c3ccccc3C2(C)C)C(C)(C)c2ccccc21. The Labute approximate surface area is 176 Å². The van der Waals surface area contributed by atoms with E-state index in [2.05, 4.69) is 113 Å². The second kappa shape index (κ2) is 7.13.